The highest BCUT2D eigenvalue weighted by atomic mass is 16.5. The van der Waals surface area contributed by atoms with Crippen LogP contribution in [0.4, 0.5) is 0 Å². The third-order valence-electron chi connectivity index (χ3n) is 3.74. The first-order chi connectivity index (χ1) is 12.0. The average Bonchev–Trinajstić information content (AvgIpc) is 2.80. The van der Waals surface area contributed by atoms with Crippen LogP contribution in [-0.2, 0) is 14.3 Å². The molecule has 0 saturated carbocycles. The van der Waals surface area contributed by atoms with Gasteiger partial charge in [-0.1, -0.05) is 26.0 Å². The van der Waals surface area contributed by atoms with E-state index in [9.17, 15) is 14.7 Å². The van der Waals surface area contributed by atoms with E-state index in [-0.39, 0.29) is 12.1 Å². The zero-order valence-electron chi connectivity index (χ0n) is 14.9. The number of carbonyl (C=O) groups excluding carboxylic acids is 2. The molecule has 1 aromatic carbocycles. The number of hydrogen-bond acceptors (Lipinski definition) is 5. The van der Waals surface area contributed by atoms with Crippen LogP contribution >= 0.6 is 0 Å². The Morgan fingerprint density at radius 3 is 2.40 bits per heavy atom. The van der Waals surface area contributed by atoms with Crippen LogP contribution < -0.4 is 4.74 Å². The second-order valence-electron chi connectivity index (χ2n) is 6.27. The molecule has 0 bridgehead atoms. The summed E-state index contributed by atoms with van der Waals surface area (Å²) in [6.45, 7) is 7.86. The zero-order chi connectivity index (χ0) is 18.4. The van der Waals surface area contributed by atoms with Gasteiger partial charge in [0.05, 0.1) is 12.2 Å². The first kappa shape index (κ1) is 19.0. The van der Waals surface area contributed by atoms with Crippen molar-refractivity contribution in [1.82, 2.24) is 4.90 Å². The van der Waals surface area contributed by atoms with E-state index in [1.165, 1.54) is 0 Å². The lowest BCUT2D eigenvalue weighted by atomic mass is 10.1. The summed E-state index contributed by atoms with van der Waals surface area (Å²) in [5.41, 5.74) is 0.539. The van der Waals surface area contributed by atoms with Gasteiger partial charge in [0.25, 0.3) is 11.8 Å². The standard InChI is InChI=1S/C19H25NO5/c1-4-24-11-5-10-20-18(22)16(17(21)19(20)23)14-6-8-15(9-7-14)25-12-13(2)3/h6-9,13,21H,4-5,10-12H2,1-3H3. The van der Waals surface area contributed by atoms with Crippen molar-refractivity contribution < 1.29 is 24.2 Å². The zero-order valence-corrected chi connectivity index (χ0v) is 14.9. The number of hydrogen-bond donors (Lipinski definition) is 1. The second kappa shape index (κ2) is 8.67. The molecule has 1 aliphatic heterocycles. The van der Waals surface area contributed by atoms with E-state index in [0.717, 1.165) is 4.90 Å². The maximum atomic E-state index is 12.5. The molecule has 2 amide bonds. The normalized spacial score (nSPS) is 14.8. The van der Waals surface area contributed by atoms with Crippen molar-refractivity contribution in [3.05, 3.63) is 35.6 Å². The number of ether oxygens (including phenoxy) is 2. The van der Waals surface area contributed by atoms with Gasteiger partial charge in [0.1, 0.15) is 5.75 Å². The van der Waals surface area contributed by atoms with Gasteiger partial charge >= 0.3 is 0 Å². The van der Waals surface area contributed by atoms with Crippen LogP contribution in [0.25, 0.3) is 5.57 Å². The molecule has 0 aliphatic carbocycles. The van der Waals surface area contributed by atoms with Crippen LogP contribution in [-0.4, -0.2) is 48.2 Å². The maximum Gasteiger partial charge on any atom is 0.296 e. The largest absolute Gasteiger partial charge is 0.502 e. The maximum absolute atomic E-state index is 12.5. The summed E-state index contributed by atoms with van der Waals surface area (Å²) in [5, 5.41) is 10.1. The molecule has 0 radical (unpaired) electrons. The van der Waals surface area contributed by atoms with Crippen molar-refractivity contribution >= 4 is 17.4 Å². The molecule has 0 spiro atoms. The molecule has 25 heavy (non-hydrogen) atoms. The minimum Gasteiger partial charge on any atom is -0.502 e. The van der Waals surface area contributed by atoms with Gasteiger partial charge < -0.3 is 14.6 Å². The van der Waals surface area contributed by atoms with Crippen molar-refractivity contribution in [1.29, 1.82) is 0 Å². The summed E-state index contributed by atoms with van der Waals surface area (Å²) < 4.78 is 10.8. The Morgan fingerprint density at radius 2 is 1.80 bits per heavy atom. The van der Waals surface area contributed by atoms with Crippen LogP contribution in [0.15, 0.2) is 30.0 Å². The first-order valence-electron chi connectivity index (χ1n) is 8.56. The van der Waals surface area contributed by atoms with Crippen molar-refractivity contribution in [2.45, 2.75) is 27.2 Å². The number of nitrogens with zero attached hydrogens (tertiary/aromatic N) is 1. The van der Waals surface area contributed by atoms with E-state index in [1.807, 2.05) is 6.92 Å². The SMILES string of the molecule is CCOCCCN1C(=O)C(O)=C(c2ccc(OCC(C)C)cc2)C1=O. The summed E-state index contributed by atoms with van der Waals surface area (Å²) >= 11 is 0. The molecule has 0 atom stereocenters. The molecule has 1 aliphatic rings. The van der Waals surface area contributed by atoms with Gasteiger partial charge in [0, 0.05) is 19.8 Å². The summed E-state index contributed by atoms with van der Waals surface area (Å²) in [5.74, 6) is -0.544. The third kappa shape index (κ3) is 4.60. The molecule has 0 unspecified atom stereocenters. The van der Waals surface area contributed by atoms with Crippen LogP contribution in [0.2, 0.25) is 0 Å². The van der Waals surface area contributed by atoms with Gasteiger partial charge in [-0.2, -0.15) is 0 Å². The highest BCUT2D eigenvalue weighted by Gasteiger charge is 2.38. The van der Waals surface area contributed by atoms with Crippen molar-refractivity contribution in [2.24, 2.45) is 5.92 Å². The van der Waals surface area contributed by atoms with Crippen molar-refractivity contribution in [3.63, 3.8) is 0 Å². The third-order valence-corrected chi connectivity index (χ3v) is 3.74. The Kier molecular flexibility index (Phi) is 6.58. The van der Waals surface area contributed by atoms with E-state index in [4.69, 9.17) is 9.47 Å². The molecule has 0 saturated heterocycles. The fourth-order valence-electron chi connectivity index (χ4n) is 2.48. The Hall–Kier alpha value is -2.34. The molecule has 6 nitrogen and oxygen atoms in total. The number of carbonyl (C=O) groups is 2. The van der Waals surface area contributed by atoms with Gasteiger partial charge in [0.15, 0.2) is 5.76 Å². The highest BCUT2D eigenvalue weighted by Crippen LogP contribution is 2.29. The Labute approximate surface area is 148 Å². The Bertz CT molecular complexity index is 648. The van der Waals surface area contributed by atoms with E-state index in [0.29, 0.717) is 43.5 Å². The van der Waals surface area contributed by atoms with E-state index in [1.54, 1.807) is 24.3 Å². The van der Waals surface area contributed by atoms with E-state index in [2.05, 4.69) is 13.8 Å². The molecular formula is C19H25NO5. The van der Waals surface area contributed by atoms with Gasteiger partial charge in [-0.15, -0.1) is 0 Å². The van der Waals surface area contributed by atoms with Gasteiger partial charge in [-0.3, -0.25) is 14.5 Å². The fourth-order valence-corrected chi connectivity index (χ4v) is 2.48. The minimum atomic E-state index is -0.656. The topological polar surface area (TPSA) is 76.1 Å². The lowest BCUT2D eigenvalue weighted by Gasteiger charge is -2.14. The highest BCUT2D eigenvalue weighted by molar-refractivity contribution is 6.34. The Balaban J connectivity index is 2.07. The number of aliphatic hydroxyl groups excluding tert-OH is 1. The summed E-state index contributed by atoms with van der Waals surface area (Å²) in [7, 11) is 0. The number of amides is 2. The smallest absolute Gasteiger partial charge is 0.296 e. The number of imide groups is 1. The molecule has 1 N–H and O–H groups in total. The average molecular weight is 347 g/mol. The summed E-state index contributed by atoms with van der Waals surface area (Å²) in [6, 6.07) is 6.81. The van der Waals surface area contributed by atoms with E-state index >= 15 is 0 Å². The van der Waals surface area contributed by atoms with Gasteiger partial charge in [-0.25, -0.2) is 0 Å². The monoisotopic (exact) mass is 347 g/mol. The lowest BCUT2D eigenvalue weighted by molar-refractivity contribution is -0.138. The Morgan fingerprint density at radius 1 is 1.12 bits per heavy atom. The molecule has 1 aromatic rings. The summed E-state index contributed by atoms with van der Waals surface area (Å²) in [4.78, 5) is 25.7. The fraction of sp³-hybridized carbons (Fsp3) is 0.474. The molecular weight excluding hydrogens is 322 g/mol. The number of benzene rings is 1. The lowest BCUT2D eigenvalue weighted by Crippen LogP contribution is -2.33. The molecule has 1 heterocycles. The predicted octanol–water partition coefficient (Wildman–Crippen LogP) is 2.79. The predicted molar refractivity (Wildman–Crippen MR) is 94.2 cm³/mol. The van der Waals surface area contributed by atoms with Crippen LogP contribution in [0.1, 0.15) is 32.8 Å². The molecule has 136 valence electrons. The minimum absolute atomic E-state index is 0.0387. The number of aliphatic hydroxyl groups is 1. The van der Waals surface area contributed by atoms with Crippen LogP contribution in [0.3, 0.4) is 0 Å². The molecule has 6 heteroatoms. The molecule has 0 aromatic heterocycles. The van der Waals surface area contributed by atoms with Crippen LogP contribution in [0, 0.1) is 5.92 Å². The van der Waals surface area contributed by atoms with Crippen molar-refractivity contribution in [2.75, 3.05) is 26.4 Å². The van der Waals surface area contributed by atoms with Gasteiger partial charge in [-0.05, 0) is 37.0 Å². The van der Waals surface area contributed by atoms with Crippen molar-refractivity contribution in [3.8, 4) is 5.75 Å². The molecule has 0 fully saturated rings. The van der Waals surface area contributed by atoms with E-state index < -0.39 is 17.6 Å². The number of rotatable bonds is 9. The summed E-state index contributed by atoms with van der Waals surface area (Å²) in [6.07, 6.45) is 0.536. The first-order valence-corrected chi connectivity index (χ1v) is 8.56. The molecule has 2 rings (SSSR count). The van der Waals surface area contributed by atoms with Gasteiger partial charge in [0.2, 0.25) is 0 Å². The van der Waals surface area contributed by atoms with Crippen LogP contribution in [0.5, 0.6) is 5.75 Å². The second-order valence-corrected chi connectivity index (χ2v) is 6.27. The quantitative estimate of drug-likeness (QED) is 0.549.